The maximum atomic E-state index is 12.4. The standard InChI is InChI=1S/C14H20N4OS/c1-8(2)18-7-11(15)5-12(18)13(19)17-10(4)14-16-6-9(3)20-14/h5-8,10H,15H2,1-4H3,(H,17,19). The Morgan fingerprint density at radius 2 is 2.15 bits per heavy atom. The van der Waals surface area contributed by atoms with Crippen molar-refractivity contribution in [2.24, 2.45) is 0 Å². The van der Waals surface area contributed by atoms with Crippen LogP contribution in [0, 0.1) is 6.92 Å². The molecule has 2 aromatic heterocycles. The van der Waals surface area contributed by atoms with E-state index >= 15 is 0 Å². The second kappa shape index (κ2) is 5.66. The molecule has 2 rings (SSSR count). The maximum Gasteiger partial charge on any atom is 0.268 e. The summed E-state index contributed by atoms with van der Waals surface area (Å²) in [5.41, 5.74) is 6.97. The highest BCUT2D eigenvalue weighted by Gasteiger charge is 2.18. The van der Waals surface area contributed by atoms with Crippen LogP contribution in [0.4, 0.5) is 5.69 Å². The summed E-state index contributed by atoms with van der Waals surface area (Å²) in [4.78, 5) is 17.8. The number of nitrogens with zero attached hydrogens (tertiary/aromatic N) is 2. The lowest BCUT2D eigenvalue weighted by Gasteiger charge is -2.15. The highest BCUT2D eigenvalue weighted by molar-refractivity contribution is 7.11. The van der Waals surface area contributed by atoms with Gasteiger partial charge in [-0.15, -0.1) is 11.3 Å². The van der Waals surface area contributed by atoms with Crippen LogP contribution in [-0.4, -0.2) is 15.5 Å². The van der Waals surface area contributed by atoms with Gasteiger partial charge >= 0.3 is 0 Å². The van der Waals surface area contributed by atoms with Crippen molar-refractivity contribution in [1.82, 2.24) is 14.9 Å². The number of aromatic nitrogens is 2. The van der Waals surface area contributed by atoms with Crippen molar-refractivity contribution in [2.45, 2.75) is 39.8 Å². The van der Waals surface area contributed by atoms with Crippen LogP contribution in [0.2, 0.25) is 0 Å². The topological polar surface area (TPSA) is 72.9 Å². The number of hydrogen-bond acceptors (Lipinski definition) is 4. The Labute approximate surface area is 122 Å². The average Bonchev–Trinajstić information content (AvgIpc) is 2.95. The van der Waals surface area contributed by atoms with Gasteiger partial charge in [-0.25, -0.2) is 4.98 Å². The normalized spacial score (nSPS) is 12.7. The number of carbonyl (C=O) groups is 1. The second-order valence-corrected chi connectivity index (χ2v) is 6.43. The van der Waals surface area contributed by atoms with E-state index in [1.165, 1.54) is 0 Å². The number of rotatable bonds is 4. The predicted octanol–water partition coefficient (Wildman–Crippen LogP) is 2.91. The Morgan fingerprint density at radius 1 is 1.45 bits per heavy atom. The van der Waals surface area contributed by atoms with Gasteiger partial charge in [-0.3, -0.25) is 4.79 Å². The van der Waals surface area contributed by atoms with Gasteiger partial charge in [0.1, 0.15) is 10.7 Å². The molecule has 0 aliphatic rings. The van der Waals surface area contributed by atoms with Gasteiger partial charge in [0.15, 0.2) is 0 Å². The molecule has 5 nitrogen and oxygen atoms in total. The van der Waals surface area contributed by atoms with Gasteiger partial charge in [-0.2, -0.15) is 0 Å². The molecule has 0 aliphatic heterocycles. The first-order valence-electron chi connectivity index (χ1n) is 6.59. The molecule has 3 N–H and O–H groups in total. The minimum Gasteiger partial charge on any atom is -0.397 e. The zero-order valence-electron chi connectivity index (χ0n) is 12.2. The van der Waals surface area contributed by atoms with Crippen LogP contribution in [0.1, 0.15) is 53.2 Å². The SMILES string of the molecule is Cc1cnc(C(C)NC(=O)c2cc(N)cn2C(C)C)s1. The van der Waals surface area contributed by atoms with Crippen molar-refractivity contribution in [1.29, 1.82) is 0 Å². The minimum absolute atomic E-state index is 0.113. The van der Waals surface area contributed by atoms with E-state index in [0.717, 1.165) is 9.88 Å². The number of hydrogen-bond donors (Lipinski definition) is 2. The summed E-state index contributed by atoms with van der Waals surface area (Å²) in [6, 6.07) is 1.78. The minimum atomic E-state index is -0.129. The van der Waals surface area contributed by atoms with E-state index in [-0.39, 0.29) is 18.0 Å². The number of nitrogen functional groups attached to an aromatic ring is 1. The number of nitrogens with two attached hydrogens (primary N) is 1. The third-order valence-electron chi connectivity index (χ3n) is 3.02. The lowest BCUT2D eigenvalue weighted by molar-refractivity contribution is 0.0929. The molecule has 1 unspecified atom stereocenters. The van der Waals surface area contributed by atoms with Crippen LogP contribution in [-0.2, 0) is 0 Å². The number of anilines is 1. The van der Waals surface area contributed by atoms with Crippen molar-refractivity contribution < 1.29 is 4.79 Å². The number of carbonyl (C=O) groups excluding carboxylic acids is 1. The second-order valence-electron chi connectivity index (χ2n) is 5.16. The van der Waals surface area contributed by atoms with E-state index < -0.39 is 0 Å². The molecule has 2 aromatic rings. The lowest BCUT2D eigenvalue weighted by Crippen LogP contribution is -2.28. The first-order valence-corrected chi connectivity index (χ1v) is 7.40. The molecule has 1 atom stereocenters. The van der Waals surface area contributed by atoms with E-state index in [4.69, 9.17) is 5.73 Å². The highest BCUT2D eigenvalue weighted by Crippen LogP contribution is 2.21. The molecule has 0 radical (unpaired) electrons. The molecule has 6 heteroatoms. The summed E-state index contributed by atoms with van der Waals surface area (Å²) in [5.74, 6) is -0.129. The fraction of sp³-hybridized carbons (Fsp3) is 0.429. The van der Waals surface area contributed by atoms with E-state index in [1.54, 1.807) is 23.6 Å². The molecule has 0 spiro atoms. The molecule has 0 bridgehead atoms. The maximum absolute atomic E-state index is 12.4. The van der Waals surface area contributed by atoms with E-state index in [0.29, 0.717) is 11.4 Å². The van der Waals surface area contributed by atoms with Crippen LogP contribution >= 0.6 is 11.3 Å². The predicted molar refractivity (Wildman–Crippen MR) is 82.0 cm³/mol. The summed E-state index contributed by atoms with van der Waals surface area (Å²) in [6.07, 6.45) is 3.61. The molecule has 2 heterocycles. The van der Waals surface area contributed by atoms with Gasteiger partial charge in [0, 0.05) is 23.3 Å². The van der Waals surface area contributed by atoms with Crippen LogP contribution in [0.5, 0.6) is 0 Å². The molecule has 0 saturated carbocycles. The third kappa shape index (κ3) is 3.01. The Kier molecular flexibility index (Phi) is 4.13. The molecule has 0 aromatic carbocycles. The number of aryl methyl sites for hydroxylation is 1. The Morgan fingerprint density at radius 3 is 2.70 bits per heavy atom. The molecule has 1 amide bonds. The van der Waals surface area contributed by atoms with E-state index in [2.05, 4.69) is 10.3 Å². The van der Waals surface area contributed by atoms with Gasteiger partial charge in [0.25, 0.3) is 5.91 Å². The zero-order chi connectivity index (χ0) is 14.9. The molecule has 0 aliphatic carbocycles. The fourth-order valence-electron chi connectivity index (χ4n) is 2.01. The number of nitrogens with one attached hydrogen (secondary N) is 1. The third-order valence-corrected chi connectivity index (χ3v) is 4.11. The van der Waals surface area contributed by atoms with Gasteiger partial charge in [0.2, 0.25) is 0 Å². The number of amides is 1. The molecule has 108 valence electrons. The Bertz CT molecular complexity index is 614. The van der Waals surface area contributed by atoms with Gasteiger partial charge in [-0.05, 0) is 33.8 Å². The highest BCUT2D eigenvalue weighted by atomic mass is 32.1. The van der Waals surface area contributed by atoms with Crippen LogP contribution in [0.3, 0.4) is 0 Å². The molecule has 0 saturated heterocycles. The molecular formula is C14H20N4OS. The zero-order valence-corrected chi connectivity index (χ0v) is 13.0. The molecular weight excluding hydrogens is 272 g/mol. The van der Waals surface area contributed by atoms with Crippen molar-refractivity contribution in [3.05, 3.63) is 34.0 Å². The number of thiazole rings is 1. The summed E-state index contributed by atoms with van der Waals surface area (Å²) in [6.45, 7) is 7.97. The van der Waals surface area contributed by atoms with Crippen LogP contribution < -0.4 is 11.1 Å². The largest absolute Gasteiger partial charge is 0.397 e. The fourth-order valence-corrected chi connectivity index (χ4v) is 2.79. The summed E-state index contributed by atoms with van der Waals surface area (Å²) in [7, 11) is 0. The van der Waals surface area contributed by atoms with Gasteiger partial charge in [0.05, 0.1) is 11.7 Å². The molecule has 0 fully saturated rings. The van der Waals surface area contributed by atoms with Crippen molar-refractivity contribution >= 4 is 22.9 Å². The molecule has 20 heavy (non-hydrogen) atoms. The summed E-state index contributed by atoms with van der Waals surface area (Å²) < 4.78 is 1.88. The summed E-state index contributed by atoms with van der Waals surface area (Å²) in [5, 5.41) is 3.88. The lowest BCUT2D eigenvalue weighted by atomic mass is 10.3. The first-order chi connectivity index (χ1) is 9.38. The first kappa shape index (κ1) is 14.6. The van der Waals surface area contributed by atoms with Crippen LogP contribution in [0.15, 0.2) is 18.5 Å². The van der Waals surface area contributed by atoms with Crippen LogP contribution in [0.25, 0.3) is 0 Å². The van der Waals surface area contributed by atoms with Gasteiger partial charge < -0.3 is 15.6 Å². The quantitative estimate of drug-likeness (QED) is 0.910. The smallest absolute Gasteiger partial charge is 0.268 e. The Hall–Kier alpha value is -1.82. The van der Waals surface area contributed by atoms with Crippen molar-refractivity contribution in [3.8, 4) is 0 Å². The van der Waals surface area contributed by atoms with Gasteiger partial charge in [-0.1, -0.05) is 0 Å². The van der Waals surface area contributed by atoms with Crippen molar-refractivity contribution in [2.75, 3.05) is 5.73 Å². The van der Waals surface area contributed by atoms with E-state index in [1.807, 2.05) is 38.5 Å². The monoisotopic (exact) mass is 292 g/mol. The average molecular weight is 292 g/mol. The van der Waals surface area contributed by atoms with E-state index in [9.17, 15) is 4.79 Å². The summed E-state index contributed by atoms with van der Waals surface area (Å²) >= 11 is 1.59. The van der Waals surface area contributed by atoms with Crippen molar-refractivity contribution in [3.63, 3.8) is 0 Å². The Balaban J connectivity index is 2.16.